The van der Waals surface area contributed by atoms with Crippen molar-refractivity contribution in [3.8, 4) is 0 Å². The Balaban J connectivity index is 2.31. The molecule has 2 N–H and O–H groups in total. The zero-order chi connectivity index (χ0) is 11.5. The summed E-state index contributed by atoms with van der Waals surface area (Å²) in [6, 6.07) is 0. The third kappa shape index (κ3) is 4.85. The first-order valence-electron chi connectivity index (χ1n) is 4.49. The summed E-state index contributed by atoms with van der Waals surface area (Å²) < 4.78 is 7.59. The van der Waals surface area contributed by atoms with Gasteiger partial charge in [-0.1, -0.05) is 0 Å². The number of cyclic esters (lactones) is 1. The maximum atomic E-state index is 11.3. The number of carbonyl (C=O) groups is 2. The van der Waals surface area contributed by atoms with E-state index in [4.69, 9.17) is 0 Å². The topological polar surface area (TPSA) is 67.4 Å². The Hall–Kier alpha value is -1.01. The lowest BCUT2D eigenvalue weighted by atomic mass is 10.1. The monoisotopic (exact) mass is 230 g/mol. The summed E-state index contributed by atoms with van der Waals surface area (Å²) in [7, 11) is 0. The molecule has 0 aromatic heterocycles. The molecular formula is C9H14N2O3S. The first kappa shape index (κ1) is 12.1. The Kier molecular flexibility index (Phi) is 3.76. The van der Waals surface area contributed by atoms with E-state index < -0.39 is 5.97 Å². The molecule has 0 unspecified atom stereocenters. The van der Waals surface area contributed by atoms with Crippen LogP contribution in [-0.4, -0.2) is 23.4 Å². The van der Waals surface area contributed by atoms with Gasteiger partial charge in [-0.15, -0.1) is 0 Å². The van der Waals surface area contributed by atoms with Crippen molar-refractivity contribution in [3.05, 3.63) is 11.8 Å². The van der Waals surface area contributed by atoms with Crippen LogP contribution in [0.4, 0.5) is 4.79 Å². The highest BCUT2D eigenvalue weighted by atomic mass is 32.2. The molecule has 84 valence electrons. The number of hydrogen-bond acceptors (Lipinski definition) is 5. The Morgan fingerprint density at radius 1 is 1.53 bits per heavy atom. The molecule has 0 radical (unpaired) electrons. The van der Waals surface area contributed by atoms with Crippen LogP contribution >= 0.6 is 11.9 Å². The summed E-state index contributed by atoms with van der Waals surface area (Å²) >= 11 is 0.964. The van der Waals surface area contributed by atoms with Crippen LogP contribution in [0.3, 0.4) is 0 Å². The molecule has 6 heteroatoms. The molecule has 0 aliphatic carbocycles. The van der Waals surface area contributed by atoms with E-state index in [1.165, 1.54) is 6.08 Å². The number of rotatable bonds is 2. The third-order valence-electron chi connectivity index (χ3n) is 1.37. The number of carbonyl (C=O) groups excluding carboxylic acids is 2. The van der Waals surface area contributed by atoms with Crippen molar-refractivity contribution in [2.45, 2.75) is 26.3 Å². The largest absolute Gasteiger partial charge is 0.456 e. The number of amides is 1. The standard InChI is InChI=1S/C9H14N2O3S/c1-9(2,3)11-15-8(13)10-6-4-7(12)14-5-6/h4,11H,5H2,1-3H3,(H,10,13). The first-order valence-corrected chi connectivity index (χ1v) is 5.31. The zero-order valence-electron chi connectivity index (χ0n) is 8.92. The molecule has 0 fully saturated rings. The van der Waals surface area contributed by atoms with E-state index in [0.717, 1.165) is 11.9 Å². The van der Waals surface area contributed by atoms with Crippen molar-refractivity contribution >= 4 is 23.2 Å². The molecule has 0 saturated heterocycles. The third-order valence-corrected chi connectivity index (χ3v) is 2.38. The highest BCUT2D eigenvalue weighted by molar-refractivity contribution is 8.11. The van der Waals surface area contributed by atoms with Gasteiger partial charge in [0, 0.05) is 23.6 Å². The second-order valence-electron chi connectivity index (χ2n) is 4.14. The van der Waals surface area contributed by atoms with E-state index in [0.29, 0.717) is 5.70 Å². The van der Waals surface area contributed by atoms with Crippen LogP contribution in [-0.2, 0) is 9.53 Å². The molecule has 0 atom stereocenters. The van der Waals surface area contributed by atoms with Gasteiger partial charge in [-0.05, 0) is 20.8 Å². The Labute approximate surface area is 92.8 Å². The minimum Gasteiger partial charge on any atom is -0.456 e. The Bertz CT molecular complexity index is 307. The molecule has 1 rings (SSSR count). The quantitative estimate of drug-likeness (QED) is 0.550. The van der Waals surface area contributed by atoms with Crippen LogP contribution < -0.4 is 10.0 Å². The van der Waals surface area contributed by atoms with Gasteiger partial charge in [-0.3, -0.25) is 9.52 Å². The molecule has 0 aromatic rings. The minimum absolute atomic E-state index is 0.140. The lowest BCUT2D eigenvalue weighted by Gasteiger charge is -2.18. The smallest absolute Gasteiger partial charge is 0.333 e. The number of esters is 1. The Morgan fingerprint density at radius 2 is 2.20 bits per heavy atom. The van der Waals surface area contributed by atoms with Crippen molar-refractivity contribution in [2.75, 3.05) is 6.61 Å². The van der Waals surface area contributed by atoms with E-state index in [9.17, 15) is 9.59 Å². The fourth-order valence-electron chi connectivity index (χ4n) is 0.803. The SMILES string of the molecule is CC(C)(C)NSC(=O)NC1=CC(=O)OC1. The molecule has 1 aliphatic heterocycles. The summed E-state index contributed by atoms with van der Waals surface area (Å²) in [5, 5.41) is 2.30. The van der Waals surface area contributed by atoms with Gasteiger partial charge in [-0.25, -0.2) is 4.79 Å². The van der Waals surface area contributed by atoms with Crippen LogP contribution in [0.1, 0.15) is 20.8 Å². The van der Waals surface area contributed by atoms with Crippen LogP contribution in [0.5, 0.6) is 0 Å². The normalized spacial score (nSPS) is 15.9. The number of hydrogen-bond donors (Lipinski definition) is 2. The molecular weight excluding hydrogens is 216 g/mol. The van der Waals surface area contributed by atoms with Crippen LogP contribution in [0.2, 0.25) is 0 Å². The average Bonchev–Trinajstić information content (AvgIpc) is 2.47. The molecule has 15 heavy (non-hydrogen) atoms. The maximum absolute atomic E-state index is 11.3. The lowest BCUT2D eigenvalue weighted by molar-refractivity contribution is -0.134. The van der Waals surface area contributed by atoms with Gasteiger partial charge < -0.3 is 10.1 Å². The van der Waals surface area contributed by atoms with Gasteiger partial charge in [0.25, 0.3) is 5.24 Å². The van der Waals surface area contributed by atoms with Gasteiger partial charge in [-0.2, -0.15) is 0 Å². The van der Waals surface area contributed by atoms with Crippen LogP contribution in [0.25, 0.3) is 0 Å². The molecule has 0 saturated carbocycles. The average molecular weight is 230 g/mol. The predicted octanol–water partition coefficient (Wildman–Crippen LogP) is 1.17. The fraction of sp³-hybridized carbons (Fsp3) is 0.556. The van der Waals surface area contributed by atoms with E-state index in [-0.39, 0.29) is 17.4 Å². The van der Waals surface area contributed by atoms with E-state index in [1.807, 2.05) is 20.8 Å². The van der Waals surface area contributed by atoms with E-state index in [2.05, 4.69) is 14.8 Å². The van der Waals surface area contributed by atoms with Crippen LogP contribution in [0, 0.1) is 0 Å². The number of ether oxygens (including phenoxy) is 1. The van der Waals surface area contributed by atoms with Gasteiger partial charge >= 0.3 is 5.97 Å². The summed E-state index contributed by atoms with van der Waals surface area (Å²) in [4.78, 5) is 22.0. The molecule has 1 aliphatic rings. The highest BCUT2D eigenvalue weighted by Crippen LogP contribution is 2.09. The predicted molar refractivity (Wildman–Crippen MR) is 58.1 cm³/mol. The molecule has 1 amide bonds. The molecule has 5 nitrogen and oxygen atoms in total. The summed E-state index contributed by atoms with van der Waals surface area (Å²) in [6.45, 7) is 6.00. The van der Waals surface area contributed by atoms with Gasteiger partial charge in [0.15, 0.2) is 0 Å². The van der Waals surface area contributed by atoms with Gasteiger partial charge in [0.1, 0.15) is 6.61 Å². The molecule has 0 aromatic carbocycles. The summed E-state index contributed by atoms with van der Waals surface area (Å²) in [6.07, 6.45) is 1.27. The molecule has 0 spiro atoms. The summed E-state index contributed by atoms with van der Waals surface area (Å²) in [5.74, 6) is -0.418. The minimum atomic E-state index is -0.418. The van der Waals surface area contributed by atoms with Crippen molar-refractivity contribution in [2.24, 2.45) is 0 Å². The first-order chi connectivity index (χ1) is 6.87. The van der Waals surface area contributed by atoms with Gasteiger partial charge in [0.05, 0.1) is 5.70 Å². The van der Waals surface area contributed by atoms with Gasteiger partial charge in [0.2, 0.25) is 0 Å². The zero-order valence-corrected chi connectivity index (χ0v) is 9.73. The molecule has 0 bridgehead atoms. The lowest BCUT2D eigenvalue weighted by Crippen LogP contribution is -2.33. The maximum Gasteiger partial charge on any atom is 0.333 e. The highest BCUT2D eigenvalue weighted by Gasteiger charge is 2.17. The second-order valence-corrected chi connectivity index (χ2v) is 4.92. The van der Waals surface area contributed by atoms with Crippen molar-refractivity contribution in [1.82, 2.24) is 10.0 Å². The van der Waals surface area contributed by atoms with Crippen molar-refractivity contribution in [3.63, 3.8) is 0 Å². The van der Waals surface area contributed by atoms with E-state index >= 15 is 0 Å². The molecule has 1 heterocycles. The fourth-order valence-corrected chi connectivity index (χ4v) is 1.38. The van der Waals surface area contributed by atoms with Crippen molar-refractivity contribution < 1.29 is 14.3 Å². The Morgan fingerprint density at radius 3 is 2.67 bits per heavy atom. The second kappa shape index (κ2) is 4.67. The number of nitrogens with one attached hydrogen (secondary N) is 2. The van der Waals surface area contributed by atoms with Crippen molar-refractivity contribution in [1.29, 1.82) is 0 Å². The summed E-state index contributed by atoms with van der Waals surface area (Å²) in [5.41, 5.74) is 0.353. The van der Waals surface area contributed by atoms with E-state index in [1.54, 1.807) is 0 Å². The van der Waals surface area contributed by atoms with Crippen LogP contribution in [0.15, 0.2) is 11.8 Å².